The molecule has 1 atom stereocenters. The highest BCUT2D eigenvalue weighted by Crippen LogP contribution is 2.29. The molecule has 138 valence electrons. The van der Waals surface area contributed by atoms with Crippen molar-refractivity contribution in [3.05, 3.63) is 28.7 Å². The molecule has 0 saturated carbocycles. The largest absolute Gasteiger partial charge is 0.342 e. The number of benzene rings is 1. The highest BCUT2D eigenvalue weighted by atomic mass is 79.9. The average Bonchev–Trinajstić information content (AvgIpc) is 2.97. The summed E-state index contributed by atoms with van der Waals surface area (Å²) in [5.74, 6) is 0.0807. The fourth-order valence-corrected chi connectivity index (χ4v) is 4.06. The number of likely N-dealkylation sites (tertiary alicyclic amines) is 1. The zero-order valence-corrected chi connectivity index (χ0v) is 16.8. The van der Waals surface area contributed by atoms with Crippen molar-refractivity contribution in [2.45, 2.75) is 19.3 Å². The summed E-state index contributed by atoms with van der Waals surface area (Å²) in [6.07, 6.45) is 2.65. The summed E-state index contributed by atoms with van der Waals surface area (Å²) in [6, 6.07) is 7.68. The smallest absolute Gasteiger partial charge is 0.239 e. The highest BCUT2D eigenvalue weighted by Gasteiger charge is 2.40. The first-order valence-corrected chi connectivity index (χ1v) is 9.39. The van der Waals surface area contributed by atoms with Crippen LogP contribution in [0.4, 0.5) is 5.69 Å². The fourth-order valence-electron chi connectivity index (χ4n) is 3.68. The van der Waals surface area contributed by atoms with Crippen molar-refractivity contribution in [1.29, 1.82) is 0 Å². The molecule has 0 aliphatic carbocycles. The normalized spacial score (nSPS) is 21.4. The molecule has 1 unspecified atom stereocenters. The molecule has 1 aromatic rings. The summed E-state index contributed by atoms with van der Waals surface area (Å²) in [4.78, 5) is 29.1. The standard InChI is InChI=1S/C18H24BrN3O2.ClH/c1-20-12-13-5-8-21(9-6-13)17(23)16-7-10-22(18(16)24)15-4-2-3-14(19)11-15;/h2-4,11,13,16,20H,5-10,12H2,1H3;1H. The van der Waals surface area contributed by atoms with Gasteiger partial charge in [-0.05, 0) is 57.0 Å². The van der Waals surface area contributed by atoms with Gasteiger partial charge in [-0.3, -0.25) is 9.59 Å². The minimum absolute atomic E-state index is 0. The van der Waals surface area contributed by atoms with E-state index in [1.165, 1.54) is 0 Å². The van der Waals surface area contributed by atoms with Crippen LogP contribution in [0, 0.1) is 11.8 Å². The van der Waals surface area contributed by atoms with Crippen LogP contribution in [-0.2, 0) is 9.59 Å². The Morgan fingerprint density at radius 2 is 1.96 bits per heavy atom. The lowest BCUT2D eigenvalue weighted by molar-refractivity contribution is -0.141. The molecule has 2 fully saturated rings. The number of nitrogens with one attached hydrogen (secondary N) is 1. The van der Waals surface area contributed by atoms with E-state index < -0.39 is 5.92 Å². The number of halogens is 2. The fraction of sp³-hybridized carbons (Fsp3) is 0.556. The lowest BCUT2D eigenvalue weighted by atomic mass is 9.95. The van der Waals surface area contributed by atoms with Crippen LogP contribution < -0.4 is 10.2 Å². The number of anilines is 1. The van der Waals surface area contributed by atoms with Gasteiger partial charge in [-0.1, -0.05) is 22.0 Å². The summed E-state index contributed by atoms with van der Waals surface area (Å²) in [5.41, 5.74) is 0.859. The summed E-state index contributed by atoms with van der Waals surface area (Å²) in [6.45, 7) is 3.15. The van der Waals surface area contributed by atoms with Gasteiger partial charge in [0.05, 0.1) is 0 Å². The third kappa shape index (κ3) is 4.54. The maximum Gasteiger partial charge on any atom is 0.239 e. The maximum atomic E-state index is 12.8. The molecule has 2 aliphatic rings. The molecule has 2 aliphatic heterocycles. The van der Waals surface area contributed by atoms with E-state index in [9.17, 15) is 9.59 Å². The van der Waals surface area contributed by atoms with Gasteiger partial charge in [0.2, 0.25) is 11.8 Å². The third-order valence-corrected chi connectivity index (χ3v) is 5.54. The maximum absolute atomic E-state index is 12.8. The first kappa shape index (κ1) is 20.2. The predicted molar refractivity (Wildman–Crippen MR) is 105 cm³/mol. The number of nitrogens with zero attached hydrogens (tertiary/aromatic N) is 2. The summed E-state index contributed by atoms with van der Waals surface area (Å²) in [5, 5.41) is 3.20. The Morgan fingerprint density at radius 1 is 1.24 bits per heavy atom. The molecule has 0 spiro atoms. The number of rotatable bonds is 4. The average molecular weight is 431 g/mol. The molecule has 0 bridgehead atoms. The van der Waals surface area contributed by atoms with E-state index in [-0.39, 0.29) is 24.2 Å². The van der Waals surface area contributed by atoms with Gasteiger partial charge in [0.25, 0.3) is 0 Å². The molecule has 25 heavy (non-hydrogen) atoms. The van der Waals surface area contributed by atoms with E-state index >= 15 is 0 Å². The van der Waals surface area contributed by atoms with Crippen molar-refractivity contribution in [2.24, 2.45) is 11.8 Å². The van der Waals surface area contributed by atoms with Gasteiger partial charge < -0.3 is 15.1 Å². The van der Waals surface area contributed by atoms with Crippen LogP contribution in [0.2, 0.25) is 0 Å². The van der Waals surface area contributed by atoms with Gasteiger partial charge in [-0.15, -0.1) is 12.4 Å². The van der Waals surface area contributed by atoms with E-state index in [2.05, 4.69) is 21.2 Å². The topological polar surface area (TPSA) is 52.7 Å². The molecular formula is C18H25BrClN3O2. The Balaban J connectivity index is 0.00000225. The third-order valence-electron chi connectivity index (χ3n) is 5.04. The van der Waals surface area contributed by atoms with Crippen molar-refractivity contribution >= 4 is 45.8 Å². The molecule has 1 aromatic carbocycles. The van der Waals surface area contributed by atoms with Crippen LogP contribution in [0.5, 0.6) is 0 Å². The summed E-state index contributed by atoms with van der Waals surface area (Å²) in [7, 11) is 1.96. The lowest BCUT2D eigenvalue weighted by Gasteiger charge is -2.33. The molecule has 3 rings (SSSR count). The van der Waals surface area contributed by atoms with E-state index in [1.807, 2.05) is 36.2 Å². The molecule has 7 heteroatoms. The van der Waals surface area contributed by atoms with Crippen LogP contribution >= 0.6 is 28.3 Å². The summed E-state index contributed by atoms with van der Waals surface area (Å²) >= 11 is 3.44. The number of carbonyl (C=O) groups excluding carboxylic acids is 2. The van der Waals surface area contributed by atoms with E-state index in [0.717, 1.165) is 42.6 Å². The second kappa shape index (κ2) is 9.01. The van der Waals surface area contributed by atoms with Crippen LogP contribution in [0.3, 0.4) is 0 Å². The van der Waals surface area contributed by atoms with Crippen molar-refractivity contribution in [1.82, 2.24) is 10.2 Å². The van der Waals surface area contributed by atoms with E-state index in [0.29, 0.717) is 18.9 Å². The number of hydrogen-bond donors (Lipinski definition) is 1. The van der Waals surface area contributed by atoms with E-state index in [4.69, 9.17) is 0 Å². The monoisotopic (exact) mass is 429 g/mol. The van der Waals surface area contributed by atoms with Crippen molar-refractivity contribution < 1.29 is 9.59 Å². The van der Waals surface area contributed by atoms with Gasteiger partial charge >= 0.3 is 0 Å². The number of amides is 2. The quantitative estimate of drug-likeness (QED) is 0.747. The Kier molecular flexibility index (Phi) is 7.28. The van der Waals surface area contributed by atoms with Crippen molar-refractivity contribution in [3.8, 4) is 0 Å². The molecule has 0 aromatic heterocycles. The lowest BCUT2D eigenvalue weighted by Crippen LogP contribution is -2.45. The van der Waals surface area contributed by atoms with Crippen LogP contribution in [0.15, 0.2) is 28.7 Å². The minimum atomic E-state index is -0.509. The second-order valence-corrected chi connectivity index (χ2v) is 7.55. The highest BCUT2D eigenvalue weighted by molar-refractivity contribution is 9.10. The van der Waals surface area contributed by atoms with Crippen molar-refractivity contribution in [2.75, 3.05) is 38.1 Å². The number of hydrogen-bond acceptors (Lipinski definition) is 3. The van der Waals surface area contributed by atoms with Gasteiger partial charge in [0, 0.05) is 29.8 Å². The van der Waals surface area contributed by atoms with Crippen LogP contribution in [0.25, 0.3) is 0 Å². The van der Waals surface area contributed by atoms with Gasteiger partial charge in [0.15, 0.2) is 0 Å². The van der Waals surface area contributed by atoms with Crippen LogP contribution in [0.1, 0.15) is 19.3 Å². The minimum Gasteiger partial charge on any atom is -0.342 e. The Hall–Kier alpha value is -1.11. The Labute approximate surface area is 163 Å². The predicted octanol–water partition coefficient (Wildman–Crippen LogP) is 2.68. The molecule has 2 amide bonds. The summed E-state index contributed by atoms with van der Waals surface area (Å²) < 4.78 is 0.939. The van der Waals surface area contributed by atoms with Gasteiger partial charge in [0.1, 0.15) is 5.92 Å². The van der Waals surface area contributed by atoms with E-state index in [1.54, 1.807) is 4.90 Å². The molecule has 2 saturated heterocycles. The zero-order chi connectivity index (χ0) is 17.1. The number of carbonyl (C=O) groups is 2. The van der Waals surface area contributed by atoms with Gasteiger partial charge in [-0.2, -0.15) is 0 Å². The molecule has 1 N–H and O–H groups in total. The second-order valence-electron chi connectivity index (χ2n) is 6.64. The Bertz CT molecular complexity index is 620. The van der Waals surface area contributed by atoms with Gasteiger partial charge in [-0.25, -0.2) is 0 Å². The SMILES string of the molecule is CNCC1CCN(C(=O)C2CCN(c3cccc(Br)c3)C2=O)CC1.Cl. The molecular weight excluding hydrogens is 406 g/mol. The number of piperidine rings is 1. The zero-order valence-electron chi connectivity index (χ0n) is 14.4. The molecule has 0 radical (unpaired) electrons. The molecule has 2 heterocycles. The first-order valence-electron chi connectivity index (χ1n) is 8.60. The Morgan fingerprint density at radius 3 is 2.60 bits per heavy atom. The van der Waals surface area contributed by atoms with Crippen molar-refractivity contribution in [3.63, 3.8) is 0 Å². The molecule has 5 nitrogen and oxygen atoms in total. The first-order chi connectivity index (χ1) is 11.6. The van der Waals surface area contributed by atoms with Crippen LogP contribution in [-0.4, -0.2) is 49.9 Å².